The maximum Gasteiger partial charge on any atom is 0.269 e. The number of amides is 2. The number of likely N-dealkylation sites (tertiary alicyclic amines) is 1. The van der Waals surface area contributed by atoms with Crippen molar-refractivity contribution in [3.05, 3.63) is 66.2 Å². The molecule has 1 saturated heterocycles. The Morgan fingerprint density at radius 3 is 2.74 bits per heavy atom. The van der Waals surface area contributed by atoms with Gasteiger partial charge in [-0.15, -0.1) is 0 Å². The molecule has 0 radical (unpaired) electrons. The molecule has 180 valence electrons. The Morgan fingerprint density at radius 1 is 1.24 bits per heavy atom. The third kappa shape index (κ3) is 5.00. The molecule has 3 atom stereocenters. The van der Waals surface area contributed by atoms with E-state index in [-0.39, 0.29) is 43.1 Å². The molecule has 0 aliphatic carbocycles. The molecular weight excluding hydrogens is 432 g/mol. The number of rotatable bonds is 8. The highest BCUT2D eigenvalue weighted by Gasteiger charge is 2.28. The van der Waals surface area contributed by atoms with E-state index in [9.17, 15) is 14.7 Å². The number of nitrogens with zero attached hydrogens (tertiary/aromatic N) is 2. The zero-order valence-corrected chi connectivity index (χ0v) is 19.7. The standard InChI is InChI=1S/C27H32N2O5/c1-19(7-5-11-25(31)28-16-6-8-22(28)17-30)27(33-2)20-12-14-21(15-13-20)29-23-9-3-4-10-24(23)34-18-26(29)32/h3-5,7,9-10,12-15,19,22,27,30H,6,8,11,16-18H2,1-2H3/b7-5+/t19-,22-,27+/m0/s1. The lowest BCUT2D eigenvalue weighted by Gasteiger charge is -2.29. The predicted octanol–water partition coefficient (Wildman–Crippen LogP) is 4.00. The molecule has 1 N–H and O–H groups in total. The van der Waals surface area contributed by atoms with Crippen molar-refractivity contribution >= 4 is 23.2 Å². The normalized spacial score (nSPS) is 19.7. The van der Waals surface area contributed by atoms with Crippen molar-refractivity contribution in [2.24, 2.45) is 5.92 Å². The van der Waals surface area contributed by atoms with Gasteiger partial charge in [-0.05, 0) is 42.7 Å². The molecule has 1 fully saturated rings. The fourth-order valence-electron chi connectivity index (χ4n) is 4.81. The van der Waals surface area contributed by atoms with Gasteiger partial charge in [0.1, 0.15) is 5.75 Å². The van der Waals surface area contributed by atoms with Gasteiger partial charge in [0.2, 0.25) is 5.91 Å². The molecular formula is C27H32N2O5. The summed E-state index contributed by atoms with van der Waals surface area (Å²) in [7, 11) is 1.67. The number of para-hydroxylation sites is 2. The molecule has 2 aliphatic rings. The zero-order valence-electron chi connectivity index (χ0n) is 19.7. The zero-order chi connectivity index (χ0) is 24.1. The van der Waals surface area contributed by atoms with E-state index in [4.69, 9.17) is 9.47 Å². The lowest BCUT2D eigenvalue weighted by atomic mass is 9.96. The summed E-state index contributed by atoms with van der Waals surface area (Å²) < 4.78 is 11.3. The molecule has 2 amide bonds. The van der Waals surface area contributed by atoms with E-state index in [0.717, 1.165) is 36.3 Å². The van der Waals surface area contributed by atoms with Crippen molar-refractivity contribution in [2.45, 2.75) is 38.3 Å². The average molecular weight is 465 g/mol. The van der Waals surface area contributed by atoms with Gasteiger partial charge in [0.25, 0.3) is 5.91 Å². The number of hydrogen-bond acceptors (Lipinski definition) is 5. The highest BCUT2D eigenvalue weighted by Crippen LogP contribution is 2.37. The lowest BCUT2D eigenvalue weighted by molar-refractivity contribution is -0.131. The van der Waals surface area contributed by atoms with Crippen LogP contribution in [0.1, 0.15) is 37.9 Å². The van der Waals surface area contributed by atoms with Gasteiger partial charge in [-0.1, -0.05) is 43.3 Å². The van der Waals surface area contributed by atoms with Crippen molar-refractivity contribution < 1.29 is 24.2 Å². The molecule has 2 aromatic carbocycles. The van der Waals surface area contributed by atoms with Crippen LogP contribution in [0.25, 0.3) is 0 Å². The minimum absolute atomic E-state index is 0.0104. The summed E-state index contributed by atoms with van der Waals surface area (Å²) in [6.45, 7) is 2.81. The molecule has 2 aliphatic heterocycles. The van der Waals surface area contributed by atoms with Crippen molar-refractivity contribution in [1.82, 2.24) is 4.90 Å². The largest absolute Gasteiger partial charge is 0.482 e. The molecule has 4 rings (SSSR count). The summed E-state index contributed by atoms with van der Waals surface area (Å²) >= 11 is 0. The number of hydrogen-bond donors (Lipinski definition) is 1. The topological polar surface area (TPSA) is 79.3 Å². The van der Waals surface area contributed by atoms with Crippen molar-refractivity contribution in [3.63, 3.8) is 0 Å². The number of ether oxygens (including phenoxy) is 2. The van der Waals surface area contributed by atoms with Crippen LogP contribution in [-0.2, 0) is 14.3 Å². The molecule has 0 aromatic heterocycles. The monoisotopic (exact) mass is 464 g/mol. The summed E-state index contributed by atoms with van der Waals surface area (Å²) in [6.07, 6.45) is 5.83. The van der Waals surface area contributed by atoms with E-state index >= 15 is 0 Å². The Labute approximate surface area is 200 Å². The maximum absolute atomic E-state index is 12.6. The second-order valence-electron chi connectivity index (χ2n) is 8.79. The fourth-order valence-corrected chi connectivity index (χ4v) is 4.81. The minimum Gasteiger partial charge on any atom is -0.482 e. The Bertz CT molecular complexity index is 1040. The summed E-state index contributed by atoms with van der Waals surface area (Å²) in [5.74, 6) is 0.668. The molecule has 2 heterocycles. The summed E-state index contributed by atoms with van der Waals surface area (Å²) in [5, 5.41) is 9.44. The van der Waals surface area contributed by atoms with Gasteiger partial charge in [0.05, 0.1) is 24.4 Å². The molecule has 0 bridgehead atoms. The van der Waals surface area contributed by atoms with Gasteiger partial charge >= 0.3 is 0 Å². The van der Waals surface area contributed by atoms with E-state index < -0.39 is 0 Å². The first-order chi connectivity index (χ1) is 16.5. The highest BCUT2D eigenvalue weighted by molar-refractivity contribution is 6.04. The first kappa shape index (κ1) is 24.0. The Morgan fingerprint density at radius 2 is 2.00 bits per heavy atom. The van der Waals surface area contributed by atoms with Crippen molar-refractivity contribution in [1.29, 1.82) is 0 Å². The number of benzene rings is 2. The van der Waals surface area contributed by atoms with Crippen LogP contribution in [0, 0.1) is 5.92 Å². The third-order valence-electron chi connectivity index (χ3n) is 6.56. The second kappa shape index (κ2) is 10.8. The number of carbonyl (C=O) groups excluding carboxylic acids is 2. The minimum atomic E-state index is -0.190. The van der Waals surface area contributed by atoms with Crippen LogP contribution >= 0.6 is 0 Å². The molecule has 7 nitrogen and oxygen atoms in total. The average Bonchev–Trinajstić information content (AvgIpc) is 3.34. The lowest BCUT2D eigenvalue weighted by Crippen LogP contribution is -2.37. The van der Waals surface area contributed by atoms with Gasteiger partial charge in [-0.2, -0.15) is 0 Å². The molecule has 7 heteroatoms. The number of fused-ring (bicyclic) bond motifs is 1. The van der Waals surface area contributed by atoms with Gasteiger partial charge in [0, 0.05) is 31.7 Å². The van der Waals surface area contributed by atoms with Crippen LogP contribution in [-0.4, -0.2) is 54.7 Å². The van der Waals surface area contributed by atoms with E-state index in [0.29, 0.717) is 12.2 Å². The van der Waals surface area contributed by atoms with E-state index in [1.807, 2.05) is 60.7 Å². The van der Waals surface area contributed by atoms with Crippen LogP contribution in [0.3, 0.4) is 0 Å². The second-order valence-corrected chi connectivity index (χ2v) is 8.79. The quantitative estimate of drug-likeness (QED) is 0.598. The van der Waals surface area contributed by atoms with Crippen LogP contribution in [0.15, 0.2) is 60.7 Å². The molecule has 2 aromatic rings. The maximum atomic E-state index is 12.6. The number of methoxy groups -OCH3 is 1. The predicted molar refractivity (Wildman–Crippen MR) is 130 cm³/mol. The molecule has 0 unspecified atom stereocenters. The fraction of sp³-hybridized carbons (Fsp3) is 0.407. The van der Waals surface area contributed by atoms with Crippen molar-refractivity contribution in [2.75, 3.05) is 31.8 Å². The van der Waals surface area contributed by atoms with Crippen LogP contribution in [0.5, 0.6) is 5.75 Å². The smallest absolute Gasteiger partial charge is 0.269 e. The van der Waals surface area contributed by atoms with Crippen LogP contribution in [0.2, 0.25) is 0 Å². The molecule has 0 saturated carbocycles. The Balaban J connectivity index is 1.42. The van der Waals surface area contributed by atoms with Crippen LogP contribution in [0.4, 0.5) is 11.4 Å². The van der Waals surface area contributed by atoms with E-state index in [1.165, 1.54) is 0 Å². The summed E-state index contributed by atoms with van der Waals surface area (Å²) in [6, 6.07) is 15.2. The van der Waals surface area contributed by atoms with Gasteiger partial charge in [-0.25, -0.2) is 0 Å². The van der Waals surface area contributed by atoms with E-state index in [1.54, 1.807) is 16.9 Å². The Hall–Kier alpha value is -3.16. The number of anilines is 2. The van der Waals surface area contributed by atoms with Crippen molar-refractivity contribution in [3.8, 4) is 5.75 Å². The van der Waals surface area contributed by atoms with Gasteiger partial charge < -0.3 is 19.5 Å². The molecule has 0 spiro atoms. The van der Waals surface area contributed by atoms with Gasteiger partial charge in [0.15, 0.2) is 6.61 Å². The van der Waals surface area contributed by atoms with Crippen LogP contribution < -0.4 is 9.64 Å². The molecule has 34 heavy (non-hydrogen) atoms. The number of carbonyl (C=O) groups is 2. The number of aliphatic hydroxyl groups excluding tert-OH is 1. The highest BCUT2D eigenvalue weighted by atomic mass is 16.5. The summed E-state index contributed by atoms with van der Waals surface area (Å²) in [5.41, 5.74) is 2.50. The Kier molecular flexibility index (Phi) is 7.65. The van der Waals surface area contributed by atoms with Gasteiger partial charge in [-0.3, -0.25) is 14.5 Å². The summed E-state index contributed by atoms with van der Waals surface area (Å²) in [4.78, 5) is 28.5. The SMILES string of the molecule is CO[C@@H](c1ccc(N2C(=O)COc3ccccc32)cc1)[C@@H](C)/C=C/CC(=O)N1CCC[C@H]1CO. The third-order valence-corrected chi connectivity index (χ3v) is 6.56. The first-order valence-corrected chi connectivity index (χ1v) is 11.8. The first-order valence-electron chi connectivity index (χ1n) is 11.8. The van der Waals surface area contributed by atoms with E-state index in [2.05, 4.69) is 6.92 Å². The number of aliphatic hydroxyl groups is 1.